The number of hydrogen-bond acceptors (Lipinski definition) is 3. The Morgan fingerprint density at radius 2 is 2.36 bits per heavy atom. The van der Waals surface area contributed by atoms with E-state index in [4.69, 9.17) is 0 Å². The number of hydrogen-bond donors (Lipinski definition) is 1. The van der Waals surface area contributed by atoms with E-state index in [1.54, 1.807) is 0 Å². The van der Waals surface area contributed by atoms with Crippen molar-refractivity contribution in [2.24, 2.45) is 0 Å². The zero-order chi connectivity index (χ0) is 8.27. The van der Waals surface area contributed by atoms with E-state index in [2.05, 4.69) is 8.27 Å². The minimum Gasteiger partial charge on any atom is -0.465 e. The Hall–Kier alpha value is -0.720. The number of nitrogens with one attached hydrogen (secondary N) is 1. The maximum atomic E-state index is 10.8. The third kappa shape index (κ3) is 2.11. The van der Waals surface area contributed by atoms with Gasteiger partial charge in [-0.25, -0.2) is 4.79 Å². The smallest absolute Gasteiger partial charge is 0.345 e. The number of amides is 1. The molecule has 0 atom stereocenters. The summed E-state index contributed by atoms with van der Waals surface area (Å²) in [5, 5.41) is 0. The molecule has 1 aliphatic rings. The second-order valence-electron chi connectivity index (χ2n) is 1.73. The quantitative estimate of drug-likeness (QED) is 0.410. The van der Waals surface area contributed by atoms with Crippen molar-refractivity contribution in [3.8, 4) is 0 Å². The van der Waals surface area contributed by atoms with Gasteiger partial charge in [-0.05, 0) is 6.08 Å². The lowest BCUT2D eigenvalue weighted by molar-refractivity contribution is -0.132. The maximum Gasteiger partial charge on any atom is 0.345 e. The SMILES string of the molecule is COC(=O)C1=INC(=O)C=C1. The molecule has 1 heterocycles. The summed E-state index contributed by atoms with van der Waals surface area (Å²) in [7, 11) is 1.32. The van der Waals surface area contributed by atoms with Gasteiger partial charge >= 0.3 is 5.97 Å². The van der Waals surface area contributed by atoms with Gasteiger partial charge in [-0.1, -0.05) is 0 Å². The highest BCUT2D eigenvalue weighted by atomic mass is 127. The Morgan fingerprint density at radius 3 is 2.82 bits per heavy atom. The van der Waals surface area contributed by atoms with Crippen LogP contribution in [-0.2, 0) is 14.3 Å². The van der Waals surface area contributed by atoms with Crippen LogP contribution in [0.25, 0.3) is 0 Å². The third-order valence-electron chi connectivity index (χ3n) is 1.00. The number of halogens is 1. The summed E-state index contributed by atoms with van der Waals surface area (Å²) < 4.78 is 7.64. The van der Waals surface area contributed by atoms with Crippen molar-refractivity contribution in [1.29, 1.82) is 0 Å². The number of ether oxygens (including phenoxy) is 1. The molecule has 1 rings (SSSR count). The molecule has 0 bridgehead atoms. The van der Waals surface area contributed by atoms with E-state index in [0.29, 0.717) is 3.51 Å². The first-order valence-corrected chi connectivity index (χ1v) is 4.97. The monoisotopic (exact) mass is 267 g/mol. The largest absolute Gasteiger partial charge is 0.465 e. The van der Waals surface area contributed by atoms with Crippen LogP contribution in [0, 0.1) is 0 Å². The molecule has 0 aromatic rings. The Bertz CT molecular complexity index is 257. The van der Waals surface area contributed by atoms with E-state index < -0.39 is 21.0 Å². The molecule has 0 saturated heterocycles. The third-order valence-corrected chi connectivity index (χ3v) is 3.19. The summed E-state index contributed by atoms with van der Waals surface area (Å²) in [5.41, 5.74) is 0. The van der Waals surface area contributed by atoms with Gasteiger partial charge in [0.15, 0.2) is 0 Å². The second-order valence-corrected chi connectivity index (χ2v) is 3.97. The lowest BCUT2D eigenvalue weighted by atomic mass is 10.4. The highest BCUT2D eigenvalue weighted by molar-refractivity contribution is 14.2. The fourth-order valence-corrected chi connectivity index (χ4v) is 2.05. The van der Waals surface area contributed by atoms with E-state index in [0.717, 1.165) is 0 Å². The number of carbonyl (C=O) groups excluding carboxylic acids is 2. The molecular weight excluding hydrogens is 261 g/mol. The molecule has 0 radical (unpaired) electrons. The molecule has 0 unspecified atom stereocenters. The van der Waals surface area contributed by atoms with Crippen LogP contribution in [0.5, 0.6) is 0 Å². The van der Waals surface area contributed by atoms with Crippen molar-refractivity contribution >= 4 is 36.4 Å². The molecule has 1 N–H and O–H groups in total. The Labute approximate surface area is 73.7 Å². The molecule has 60 valence electrons. The van der Waals surface area contributed by atoms with Crippen molar-refractivity contribution in [3.05, 3.63) is 12.2 Å². The zero-order valence-electron chi connectivity index (χ0n) is 5.76. The molecular formula is C6H6INO3. The minimum absolute atomic E-state index is 0.134. The summed E-state index contributed by atoms with van der Waals surface area (Å²) in [6, 6.07) is 0. The molecule has 1 amide bonds. The second kappa shape index (κ2) is 3.61. The Kier molecular flexibility index (Phi) is 2.75. The van der Waals surface area contributed by atoms with E-state index in [-0.39, 0.29) is 11.9 Å². The lowest BCUT2D eigenvalue weighted by Gasteiger charge is -2.03. The fourth-order valence-electron chi connectivity index (χ4n) is 0.513. The average molecular weight is 267 g/mol. The predicted octanol–water partition coefficient (Wildman–Crippen LogP) is -0.0965. The van der Waals surface area contributed by atoms with Crippen molar-refractivity contribution < 1.29 is 14.3 Å². The first kappa shape index (κ1) is 8.38. The fraction of sp³-hybridized carbons (Fsp3) is 0.167. The summed E-state index contributed by atoms with van der Waals surface area (Å²) in [5.74, 6) is -0.487. The first-order valence-electron chi connectivity index (χ1n) is 2.81. The van der Waals surface area contributed by atoms with Gasteiger partial charge in [-0.2, -0.15) is 0 Å². The van der Waals surface area contributed by atoms with Crippen LogP contribution in [-0.4, -0.2) is 22.5 Å². The first-order chi connectivity index (χ1) is 5.24. The molecule has 0 spiro atoms. The van der Waals surface area contributed by atoms with Crippen LogP contribution in [0.1, 0.15) is 0 Å². The average Bonchev–Trinajstić information content (AvgIpc) is 2.05. The van der Waals surface area contributed by atoms with Crippen LogP contribution < -0.4 is 3.53 Å². The minimum atomic E-state index is -0.682. The molecule has 0 aromatic heterocycles. The van der Waals surface area contributed by atoms with E-state index in [1.165, 1.54) is 19.3 Å². The van der Waals surface area contributed by atoms with E-state index in [1.807, 2.05) is 0 Å². The van der Waals surface area contributed by atoms with Gasteiger partial charge in [0.2, 0.25) is 0 Å². The Morgan fingerprint density at radius 1 is 1.64 bits per heavy atom. The highest BCUT2D eigenvalue weighted by Crippen LogP contribution is 2.03. The number of methoxy groups -OCH3 is 1. The van der Waals surface area contributed by atoms with Crippen LogP contribution in [0.15, 0.2) is 12.2 Å². The van der Waals surface area contributed by atoms with Crippen LogP contribution >= 0.6 is 21.0 Å². The van der Waals surface area contributed by atoms with Crippen molar-refractivity contribution in [2.75, 3.05) is 7.11 Å². The van der Waals surface area contributed by atoms with Gasteiger partial charge in [-0.3, -0.25) is 8.32 Å². The zero-order valence-corrected chi connectivity index (χ0v) is 7.91. The van der Waals surface area contributed by atoms with Crippen LogP contribution in [0.3, 0.4) is 0 Å². The number of carbonyl (C=O) groups is 2. The van der Waals surface area contributed by atoms with Crippen molar-refractivity contribution in [3.63, 3.8) is 0 Å². The summed E-state index contributed by atoms with van der Waals surface area (Å²) in [6.07, 6.45) is 2.84. The van der Waals surface area contributed by atoms with Gasteiger partial charge < -0.3 is 4.74 Å². The van der Waals surface area contributed by atoms with Crippen molar-refractivity contribution in [1.82, 2.24) is 3.53 Å². The summed E-state index contributed by atoms with van der Waals surface area (Å²) >= 11 is -0.682. The highest BCUT2D eigenvalue weighted by Gasteiger charge is 2.11. The van der Waals surface area contributed by atoms with Gasteiger partial charge in [0, 0.05) is 27.1 Å². The maximum absolute atomic E-state index is 10.8. The van der Waals surface area contributed by atoms with E-state index in [9.17, 15) is 9.59 Å². The van der Waals surface area contributed by atoms with E-state index >= 15 is 0 Å². The normalized spacial score (nSPS) is 16.1. The van der Waals surface area contributed by atoms with Crippen molar-refractivity contribution in [2.45, 2.75) is 0 Å². The number of rotatable bonds is 1. The Balaban J connectivity index is 2.70. The molecule has 4 nitrogen and oxygen atoms in total. The summed E-state index contributed by atoms with van der Waals surface area (Å²) in [4.78, 5) is 21.4. The van der Waals surface area contributed by atoms with Gasteiger partial charge in [0.05, 0.1) is 7.11 Å². The molecule has 0 aromatic carbocycles. The standard InChI is InChI=1S/C6H6INO3/c1-11-6(10)4-2-3-5(9)8-7-4/h2-3H,1H3,(H,8,9). The van der Waals surface area contributed by atoms with Gasteiger partial charge in [0.1, 0.15) is 3.51 Å². The van der Waals surface area contributed by atoms with Crippen LogP contribution in [0.2, 0.25) is 0 Å². The molecule has 0 fully saturated rings. The molecule has 11 heavy (non-hydrogen) atoms. The topological polar surface area (TPSA) is 55.4 Å². The molecule has 1 aliphatic heterocycles. The van der Waals surface area contributed by atoms with Gasteiger partial charge in [-0.15, -0.1) is 0 Å². The van der Waals surface area contributed by atoms with Crippen LogP contribution in [0.4, 0.5) is 0 Å². The molecule has 0 aliphatic carbocycles. The summed E-state index contributed by atoms with van der Waals surface area (Å²) in [6.45, 7) is 0. The lowest BCUT2D eigenvalue weighted by Crippen LogP contribution is -2.20. The number of esters is 1. The van der Waals surface area contributed by atoms with Gasteiger partial charge in [0.25, 0.3) is 5.91 Å². The molecule has 0 saturated carbocycles. The predicted molar refractivity (Wildman–Crippen MR) is 48.3 cm³/mol. The molecule has 5 heteroatoms.